The maximum atomic E-state index is 5.73. The van der Waals surface area contributed by atoms with E-state index in [-0.39, 0.29) is 0 Å². The summed E-state index contributed by atoms with van der Waals surface area (Å²) in [7, 11) is 2.12. The Kier molecular flexibility index (Phi) is 3.03. The highest BCUT2D eigenvalue weighted by Crippen LogP contribution is 2.24. The van der Waals surface area contributed by atoms with E-state index in [4.69, 9.17) is 5.73 Å². The second-order valence-corrected chi connectivity index (χ2v) is 4.55. The predicted molar refractivity (Wildman–Crippen MR) is 68.0 cm³/mol. The molecule has 0 spiro atoms. The maximum Gasteiger partial charge on any atom is 0.0483 e. The van der Waals surface area contributed by atoms with E-state index >= 15 is 0 Å². The standard InChI is InChI=1S/C12H16N2S/c1-14-10(8-15-2)6-11-9(7-13)4-3-5-12(11)14/h3-6H,7-8,13H2,1-2H3. The molecule has 0 bridgehead atoms. The van der Waals surface area contributed by atoms with Gasteiger partial charge in [-0.25, -0.2) is 0 Å². The molecule has 0 aliphatic rings. The number of aromatic nitrogens is 1. The number of hydrogen-bond donors (Lipinski definition) is 1. The Hall–Kier alpha value is -0.930. The molecule has 80 valence electrons. The van der Waals surface area contributed by atoms with Crippen LogP contribution in [0.4, 0.5) is 0 Å². The number of hydrogen-bond acceptors (Lipinski definition) is 2. The van der Waals surface area contributed by atoms with Crippen LogP contribution in [-0.2, 0) is 19.3 Å². The summed E-state index contributed by atoms with van der Waals surface area (Å²) < 4.78 is 2.25. The van der Waals surface area contributed by atoms with Crippen LogP contribution >= 0.6 is 11.8 Å². The van der Waals surface area contributed by atoms with Gasteiger partial charge >= 0.3 is 0 Å². The topological polar surface area (TPSA) is 30.9 Å². The Labute approximate surface area is 94.5 Å². The number of thioether (sulfide) groups is 1. The smallest absolute Gasteiger partial charge is 0.0483 e. The first kappa shape index (κ1) is 10.6. The number of fused-ring (bicyclic) bond motifs is 1. The summed E-state index contributed by atoms with van der Waals surface area (Å²) in [6.45, 7) is 0.611. The Balaban J connectivity index is 2.64. The lowest BCUT2D eigenvalue weighted by Crippen LogP contribution is -1.96. The first-order valence-corrected chi connectivity index (χ1v) is 6.42. The fraction of sp³-hybridized carbons (Fsp3) is 0.333. The fourth-order valence-electron chi connectivity index (χ4n) is 1.94. The van der Waals surface area contributed by atoms with E-state index in [1.165, 1.54) is 22.2 Å². The normalized spacial score (nSPS) is 11.1. The zero-order chi connectivity index (χ0) is 10.8. The molecule has 0 atom stereocenters. The van der Waals surface area contributed by atoms with Crippen molar-refractivity contribution in [3.8, 4) is 0 Å². The van der Waals surface area contributed by atoms with Gasteiger partial charge in [-0.2, -0.15) is 11.8 Å². The van der Waals surface area contributed by atoms with Crippen LogP contribution in [0.5, 0.6) is 0 Å². The van der Waals surface area contributed by atoms with Crippen molar-refractivity contribution < 1.29 is 0 Å². The summed E-state index contributed by atoms with van der Waals surface area (Å²) in [4.78, 5) is 0. The summed E-state index contributed by atoms with van der Waals surface area (Å²) in [6.07, 6.45) is 2.13. The molecule has 2 N–H and O–H groups in total. The quantitative estimate of drug-likeness (QED) is 0.861. The molecule has 0 unspecified atom stereocenters. The molecule has 1 aromatic carbocycles. The number of aryl methyl sites for hydroxylation is 1. The highest BCUT2D eigenvalue weighted by atomic mass is 32.2. The monoisotopic (exact) mass is 220 g/mol. The van der Waals surface area contributed by atoms with Gasteiger partial charge in [-0.05, 0) is 24.0 Å². The molecule has 15 heavy (non-hydrogen) atoms. The molecule has 0 amide bonds. The van der Waals surface area contributed by atoms with E-state index in [1.54, 1.807) is 0 Å². The Morgan fingerprint density at radius 2 is 2.20 bits per heavy atom. The molecule has 0 saturated heterocycles. The Bertz CT molecular complexity index is 474. The van der Waals surface area contributed by atoms with Gasteiger partial charge in [0.15, 0.2) is 0 Å². The van der Waals surface area contributed by atoms with Crippen molar-refractivity contribution in [2.24, 2.45) is 12.8 Å². The summed E-state index contributed by atoms with van der Waals surface area (Å²) in [5.74, 6) is 1.05. The van der Waals surface area contributed by atoms with E-state index in [1.807, 2.05) is 11.8 Å². The molecule has 0 saturated carbocycles. The molecule has 1 aromatic heterocycles. The lowest BCUT2D eigenvalue weighted by atomic mass is 10.1. The Morgan fingerprint density at radius 3 is 2.87 bits per heavy atom. The van der Waals surface area contributed by atoms with E-state index in [0.717, 1.165) is 5.75 Å². The van der Waals surface area contributed by atoms with Gasteiger partial charge in [-0.1, -0.05) is 12.1 Å². The lowest BCUT2D eigenvalue weighted by molar-refractivity contribution is 0.910. The van der Waals surface area contributed by atoms with Gasteiger partial charge in [0.2, 0.25) is 0 Å². The van der Waals surface area contributed by atoms with Gasteiger partial charge in [-0.15, -0.1) is 0 Å². The van der Waals surface area contributed by atoms with Crippen molar-refractivity contribution in [3.63, 3.8) is 0 Å². The van der Waals surface area contributed by atoms with E-state index in [2.05, 4.69) is 42.1 Å². The number of nitrogens with two attached hydrogens (primary N) is 1. The minimum Gasteiger partial charge on any atom is -0.347 e. The van der Waals surface area contributed by atoms with Gasteiger partial charge < -0.3 is 10.3 Å². The minimum atomic E-state index is 0.611. The molecule has 2 aromatic rings. The summed E-state index contributed by atoms with van der Waals surface area (Å²) >= 11 is 1.85. The van der Waals surface area contributed by atoms with Crippen molar-refractivity contribution in [1.29, 1.82) is 0 Å². The van der Waals surface area contributed by atoms with Gasteiger partial charge in [0.25, 0.3) is 0 Å². The molecule has 0 radical (unpaired) electrons. The molecule has 1 heterocycles. The first-order chi connectivity index (χ1) is 7.27. The first-order valence-electron chi connectivity index (χ1n) is 5.03. The second-order valence-electron chi connectivity index (χ2n) is 3.68. The molecule has 2 nitrogen and oxygen atoms in total. The number of benzene rings is 1. The zero-order valence-corrected chi connectivity index (χ0v) is 9.97. The molecule has 0 aliphatic heterocycles. The molecule has 0 aliphatic carbocycles. The fourth-order valence-corrected chi connectivity index (χ4v) is 2.51. The van der Waals surface area contributed by atoms with Crippen LogP contribution in [0, 0.1) is 0 Å². The zero-order valence-electron chi connectivity index (χ0n) is 9.16. The van der Waals surface area contributed by atoms with Crippen LogP contribution in [0.2, 0.25) is 0 Å². The highest BCUT2D eigenvalue weighted by Gasteiger charge is 2.07. The highest BCUT2D eigenvalue weighted by molar-refractivity contribution is 7.97. The molecular formula is C12H16N2S. The Morgan fingerprint density at radius 1 is 1.40 bits per heavy atom. The van der Waals surface area contributed by atoms with Crippen LogP contribution in [0.3, 0.4) is 0 Å². The average Bonchev–Trinajstić information content (AvgIpc) is 2.57. The third-order valence-electron chi connectivity index (χ3n) is 2.79. The maximum absolute atomic E-state index is 5.73. The van der Waals surface area contributed by atoms with Crippen molar-refractivity contribution in [2.75, 3.05) is 6.26 Å². The summed E-state index contributed by atoms with van der Waals surface area (Å²) in [5.41, 5.74) is 9.61. The SMILES string of the molecule is CSCc1cc2c(CN)cccc2n1C. The summed E-state index contributed by atoms with van der Waals surface area (Å²) in [5, 5.41) is 1.30. The molecule has 2 rings (SSSR count). The van der Waals surface area contributed by atoms with Gasteiger partial charge in [0.1, 0.15) is 0 Å². The van der Waals surface area contributed by atoms with E-state index < -0.39 is 0 Å². The largest absolute Gasteiger partial charge is 0.347 e. The predicted octanol–water partition coefficient (Wildman–Crippen LogP) is 2.50. The van der Waals surface area contributed by atoms with Crippen LogP contribution in [-0.4, -0.2) is 10.8 Å². The van der Waals surface area contributed by atoms with Gasteiger partial charge in [-0.3, -0.25) is 0 Å². The average molecular weight is 220 g/mol. The lowest BCUT2D eigenvalue weighted by Gasteiger charge is -2.02. The number of rotatable bonds is 3. The summed E-state index contributed by atoms with van der Waals surface area (Å²) in [6, 6.07) is 8.59. The third-order valence-corrected chi connectivity index (χ3v) is 3.37. The van der Waals surface area contributed by atoms with Crippen molar-refractivity contribution in [1.82, 2.24) is 4.57 Å². The van der Waals surface area contributed by atoms with Crippen LogP contribution in [0.15, 0.2) is 24.3 Å². The number of nitrogens with zero attached hydrogens (tertiary/aromatic N) is 1. The van der Waals surface area contributed by atoms with Crippen molar-refractivity contribution in [3.05, 3.63) is 35.5 Å². The molecular weight excluding hydrogens is 204 g/mol. The minimum absolute atomic E-state index is 0.611. The van der Waals surface area contributed by atoms with Crippen LogP contribution < -0.4 is 5.73 Å². The van der Waals surface area contributed by atoms with Crippen LogP contribution in [0.1, 0.15) is 11.3 Å². The van der Waals surface area contributed by atoms with Crippen molar-refractivity contribution >= 4 is 22.7 Å². The van der Waals surface area contributed by atoms with E-state index in [0.29, 0.717) is 6.54 Å². The van der Waals surface area contributed by atoms with Gasteiger partial charge in [0.05, 0.1) is 0 Å². The second kappa shape index (κ2) is 4.29. The molecule has 3 heteroatoms. The molecule has 0 fully saturated rings. The van der Waals surface area contributed by atoms with Crippen LogP contribution in [0.25, 0.3) is 10.9 Å². The van der Waals surface area contributed by atoms with Crippen molar-refractivity contribution in [2.45, 2.75) is 12.3 Å². The van der Waals surface area contributed by atoms with E-state index in [9.17, 15) is 0 Å². The van der Waals surface area contributed by atoms with Gasteiger partial charge in [0, 0.05) is 35.9 Å². The third kappa shape index (κ3) is 1.77.